The van der Waals surface area contributed by atoms with Gasteiger partial charge in [0, 0.05) is 0 Å². The predicted molar refractivity (Wildman–Crippen MR) is 124 cm³/mol. The van der Waals surface area contributed by atoms with Gasteiger partial charge in [-0.2, -0.15) is 9.78 Å². The number of aryl methyl sites for hydroxylation is 1. The maximum absolute atomic E-state index is 14.5. The van der Waals surface area contributed by atoms with Crippen molar-refractivity contribution in [2.45, 2.75) is 36.0 Å². The van der Waals surface area contributed by atoms with Crippen LogP contribution in [0.4, 0.5) is 22.0 Å². The summed E-state index contributed by atoms with van der Waals surface area (Å²) in [7, 11) is 0. The van der Waals surface area contributed by atoms with Crippen LogP contribution in [0.5, 0.6) is 5.88 Å². The number of aromatic nitrogens is 2. The molecule has 0 spiro atoms. The molecule has 0 N–H and O–H groups in total. The minimum Gasteiger partial charge on any atom is -0.406 e. The molecule has 0 aliphatic heterocycles. The molecule has 0 radical (unpaired) electrons. The zero-order chi connectivity index (χ0) is 26.0. The standard InChI is InChI=1S/C26H19F5N2O2S/c1-3-17(15-10-6-4-7-11-15)26(34)35-25-23(14(2)32-33(25)16-12-8-5-9-13-16)36-24-21(30)19(28)18(27)20(29)22(24)31/h4-13,17H,3H2,1-2H3. The normalized spacial score (nSPS) is 12.0. The molecule has 4 aromatic rings. The molecular formula is C26H19F5N2O2S. The second-order valence-corrected chi connectivity index (χ2v) is 8.78. The fourth-order valence-corrected chi connectivity index (χ4v) is 4.58. The Morgan fingerprint density at radius 2 is 1.39 bits per heavy atom. The molecule has 1 aromatic heterocycles. The number of carbonyl (C=O) groups is 1. The van der Waals surface area contributed by atoms with Crippen LogP contribution in [-0.4, -0.2) is 15.7 Å². The Balaban J connectivity index is 1.83. The number of rotatable bonds is 7. The summed E-state index contributed by atoms with van der Waals surface area (Å²) in [5, 5.41) is 4.32. The fourth-order valence-electron chi connectivity index (χ4n) is 3.61. The van der Waals surface area contributed by atoms with Crippen molar-refractivity contribution < 1.29 is 31.5 Å². The van der Waals surface area contributed by atoms with Crippen LogP contribution in [0.25, 0.3) is 5.69 Å². The first-order valence-electron chi connectivity index (χ1n) is 10.9. The highest BCUT2D eigenvalue weighted by molar-refractivity contribution is 7.99. The molecule has 10 heteroatoms. The van der Waals surface area contributed by atoms with Crippen LogP contribution in [0.1, 0.15) is 30.5 Å². The first kappa shape index (κ1) is 25.4. The summed E-state index contributed by atoms with van der Waals surface area (Å²) in [5.74, 6) is -11.9. The number of hydrogen-bond donors (Lipinski definition) is 0. The van der Waals surface area contributed by atoms with Crippen molar-refractivity contribution in [2.75, 3.05) is 0 Å². The summed E-state index contributed by atoms with van der Waals surface area (Å²) >= 11 is 0.247. The van der Waals surface area contributed by atoms with Crippen LogP contribution < -0.4 is 4.74 Å². The molecule has 0 aliphatic carbocycles. The van der Waals surface area contributed by atoms with Crippen molar-refractivity contribution in [3.8, 4) is 11.6 Å². The molecule has 1 unspecified atom stereocenters. The molecule has 0 saturated heterocycles. The van der Waals surface area contributed by atoms with Crippen molar-refractivity contribution in [1.29, 1.82) is 0 Å². The summed E-state index contributed by atoms with van der Waals surface area (Å²) in [6.07, 6.45) is 0.390. The minimum absolute atomic E-state index is 0.0710. The van der Waals surface area contributed by atoms with Gasteiger partial charge in [-0.1, -0.05) is 67.2 Å². The lowest BCUT2D eigenvalue weighted by molar-refractivity contribution is -0.136. The number of ether oxygens (including phenoxy) is 1. The lowest BCUT2D eigenvalue weighted by Crippen LogP contribution is -2.20. The zero-order valence-electron chi connectivity index (χ0n) is 19.1. The van der Waals surface area contributed by atoms with Crippen molar-refractivity contribution >= 4 is 17.7 Å². The van der Waals surface area contributed by atoms with Crippen LogP contribution >= 0.6 is 11.8 Å². The van der Waals surface area contributed by atoms with Crippen molar-refractivity contribution in [2.24, 2.45) is 0 Å². The number of carbonyl (C=O) groups excluding carboxylic acids is 1. The molecule has 3 aromatic carbocycles. The van der Waals surface area contributed by atoms with Gasteiger partial charge >= 0.3 is 5.97 Å². The molecule has 1 atom stereocenters. The van der Waals surface area contributed by atoms with Gasteiger partial charge in [0.2, 0.25) is 11.7 Å². The van der Waals surface area contributed by atoms with E-state index in [4.69, 9.17) is 4.74 Å². The number of hydrogen-bond acceptors (Lipinski definition) is 4. The molecule has 186 valence electrons. The quantitative estimate of drug-likeness (QED) is 0.113. The van der Waals surface area contributed by atoms with E-state index in [0.29, 0.717) is 17.7 Å². The molecule has 4 nitrogen and oxygen atoms in total. The first-order chi connectivity index (χ1) is 17.2. The molecule has 1 heterocycles. The Morgan fingerprint density at radius 1 is 0.861 bits per heavy atom. The second kappa shape index (κ2) is 10.5. The number of benzene rings is 3. The average molecular weight is 519 g/mol. The third-order valence-electron chi connectivity index (χ3n) is 5.43. The molecule has 0 bridgehead atoms. The van der Waals surface area contributed by atoms with Gasteiger partial charge in [0.1, 0.15) is 0 Å². The van der Waals surface area contributed by atoms with Crippen molar-refractivity contribution in [1.82, 2.24) is 9.78 Å². The largest absolute Gasteiger partial charge is 0.406 e. The number of halogens is 5. The molecule has 0 aliphatic rings. The smallest absolute Gasteiger partial charge is 0.320 e. The third-order valence-corrected chi connectivity index (χ3v) is 6.67. The maximum atomic E-state index is 14.5. The first-order valence-corrected chi connectivity index (χ1v) is 11.7. The van der Waals surface area contributed by atoms with Crippen LogP contribution in [0, 0.1) is 36.0 Å². The number of nitrogens with zero attached hydrogens (tertiary/aromatic N) is 2. The molecule has 4 rings (SSSR count). The Bertz CT molecular complexity index is 1380. The molecule has 0 amide bonds. The summed E-state index contributed by atoms with van der Waals surface area (Å²) in [6, 6.07) is 17.3. The second-order valence-electron chi connectivity index (χ2n) is 7.76. The number of para-hydroxylation sites is 1. The zero-order valence-corrected chi connectivity index (χ0v) is 19.9. The summed E-state index contributed by atoms with van der Waals surface area (Å²) in [5.41, 5.74) is 1.31. The number of esters is 1. The van der Waals surface area contributed by atoms with Gasteiger partial charge in [-0.05, 0) is 31.0 Å². The molecule has 0 fully saturated rings. The average Bonchev–Trinajstić information content (AvgIpc) is 3.20. The van der Waals surface area contributed by atoms with Crippen LogP contribution in [0.15, 0.2) is 70.5 Å². The minimum atomic E-state index is -2.26. The van der Waals surface area contributed by atoms with E-state index in [-0.39, 0.29) is 28.2 Å². The Kier molecular flexibility index (Phi) is 7.44. The van der Waals surface area contributed by atoms with E-state index in [1.807, 2.05) is 0 Å². The summed E-state index contributed by atoms with van der Waals surface area (Å²) < 4.78 is 77.2. The lowest BCUT2D eigenvalue weighted by Gasteiger charge is -2.16. The van der Waals surface area contributed by atoms with E-state index in [2.05, 4.69) is 5.10 Å². The van der Waals surface area contributed by atoms with E-state index in [0.717, 1.165) is 0 Å². The fraction of sp³-hybridized carbons (Fsp3) is 0.154. The summed E-state index contributed by atoms with van der Waals surface area (Å²) in [6.45, 7) is 3.27. The van der Waals surface area contributed by atoms with E-state index >= 15 is 0 Å². The van der Waals surface area contributed by atoms with E-state index in [9.17, 15) is 26.7 Å². The van der Waals surface area contributed by atoms with Crippen molar-refractivity contribution in [3.05, 3.63) is 101 Å². The maximum Gasteiger partial charge on any atom is 0.320 e. The highest BCUT2D eigenvalue weighted by Gasteiger charge is 2.31. The van der Waals surface area contributed by atoms with Crippen LogP contribution in [0.2, 0.25) is 0 Å². The van der Waals surface area contributed by atoms with E-state index < -0.39 is 45.9 Å². The van der Waals surface area contributed by atoms with E-state index in [1.165, 1.54) is 11.6 Å². The topological polar surface area (TPSA) is 44.1 Å². The van der Waals surface area contributed by atoms with Crippen molar-refractivity contribution in [3.63, 3.8) is 0 Å². The monoisotopic (exact) mass is 518 g/mol. The SMILES string of the molecule is CCC(C(=O)Oc1c(Sc2c(F)c(F)c(F)c(F)c2F)c(C)nn1-c1ccccc1)c1ccccc1. The molecule has 0 saturated carbocycles. The Morgan fingerprint density at radius 3 is 1.94 bits per heavy atom. The van der Waals surface area contributed by atoms with Gasteiger partial charge in [0.25, 0.3) is 0 Å². The van der Waals surface area contributed by atoms with Gasteiger partial charge in [-0.3, -0.25) is 4.79 Å². The lowest BCUT2D eigenvalue weighted by atomic mass is 9.97. The van der Waals surface area contributed by atoms with Gasteiger partial charge < -0.3 is 4.74 Å². The molecular weight excluding hydrogens is 499 g/mol. The van der Waals surface area contributed by atoms with Gasteiger partial charge in [0.05, 0.1) is 27.1 Å². The van der Waals surface area contributed by atoms with Gasteiger partial charge in [0.15, 0.2) is 23.3 Å². The van der Waals surface area contributed by atoms with Crippen LogP contribution in [0.3, 0.4) is 0 Å². The highest BCUT2D eigenvalue weighted by Crippen LogP contribution is 2.43. The summed E-state index contributed by atoms with van der Waals surface area (Å²) in [4.78, 5) is 12.0. The Labute approximate surface area is 207 Å². The highest BCUT2D eigenvalue weighted by atomic mass is 32.2. The van der Waals surface area contributed by atoms with E-state index in [1.54, 1.807) is 67.6 Å². The predicted octanol–water partition coefficient (Wildman–Crippen LogP) is 7.13. The molecule has 36 heavy (non-hydrogen) atoms. The van der Waals surface area contributed by atoms with Gasteiger partial charge in [-0.25, -0.2) is 22.0 Å². The Hall–Kier alpha value is -3.66. The van der Waals surface area contributed by atoms with Gasteiger partial charge in [-0.15, -0.1) is 0 Å². The third kappa shape index (κ3) is 4.73. The van der Waals surface area contributed by atoms with Crippen LogP contribution in [-0.2, 0) is 4.79 Å².